The van der Waals surface area contributed by atoms with E-state index in [4.69, 9.17) is 9.47 Å². The first-order valence-electron chi connectivity index (χ1n) is 6.81. The number of ether oxygens (including phenoxy) is 2. The van der Waals surface area contributed by atoms with Crippen molar-refractivity contribution in [2.75, 3.05) is 13.2 Å². The Morgan fingerprint density at radius 3 is 2.65 bits per heavy atom. The highest BCUT2D eigenvalue weighted by Crippen LogP contribution is 2.38. The average molecular weight is 270 g/mol. The van der Waals surface area contributed by atoms with Crippen molar-refractivity contribution in [3.63, 3.8) is 0 Å². The van der Waals surface area contributed by atoms with Gasteiger partial charge < -0.3 is 9.47 Å². The molecule has 5 heteroatoms. The van der Waals surface area contributed by atoms with E-state index in [0.717, 1.165) is 18.5 Å². The van der Waals surface area contributed by atoms with Crippen molar-refractivity contribution in [2.45, 2.75) is 18.8 Å². The van der Waals surface area contributed by atoms with E-state index in [0.29, 0.717) is 36.3 Å². The molecule has 20 heavy (non-hydrogen) atoms. The number of hydrogen-bond donors (Lipinski definition) is 0. The molecule has 5 nitrogen and oxygen atoms in total. The lowest BCUT2D eigenvalue weighted by atomic mass is 10.2. The van der Waals surface area contributed by atoms with Gasteiger partial charge in [0.1, 0.15) is 13.2 Å². The molecule has 0 saturated heterocycles. The van der Waals surface area contributed by atoms with Crippen LogP contribution in [0.4, 0.5) is 0 Å². The van der Waals surface area contributed by atoms with Gasteiger partial charge in [-0.2, -0.15) is 9.78 Å². The summed E-state index contributed by atoms with van der Waals surface area (Å²) in [6, 6.07) is 8.87. The van der Waals surface area contributed by atoms with Gasteiger partial charge in [-0.05, 0) is 31.0 Å². The molecule has 2 heterocycles. The fourth-order valence-corrected chi connectivity index (χ4v) is 2.37. The summed E-state index contributed by atoms with van der Waals surface area (Å²) in [7, 11) is 0. The Morgan fingerprint density at radius 2 is 1.85 bits per heavy atom. The molecule has 0 bridgehead atoms. The van der Waals surface area contributed by atoms with Crippen molar-refractivity contribution in [3.8, 4) is 17.2 Å². The van der Waals surface area contributed by atoms with E-state index in [1.54, 1.807) is 12.1 Å². The summed E-state index contributed by atoms with van der Waals surface area (Å²) >= 11 is 0. The van der Waals surface area contributed by atoms with Gasteiger partial charge >= 0.3 is 0 Å². The van der Waals surface area contributed by atoms with E-state index in [2.05, 4.69) is 5.10 Å². The molecule has 2 aromatic rings. The first kappa shape index (κ1) is 11.5. The van der Waals surface area contributed by atoms with Crippen molar-refractivity contribution >= 4 is 0 Å². The molecule has 102 valence electrons. The van der Waals surface area contributed by atoms with Crippen molar-refractivity contribution in [1.82, 2.24) is 9.78 Å². The third-order valence-corrected chi connectivity index (χ3v) is 3.59. The van der Waals surface area contributed by atoms with Crippen molar-refractivity contribution in [1.29, 1.82) is 0 Å². The average Bonchev–Trinajstić information content (AvgIpc) is 3.32. The lowest BCUT2D eigenvalue weighted by Gasteiger charge is -2.19. The van der Waals surface area contributed by atoms with Crippen LogP contribution in [0.1, 0.15) is 24.5 Å². The van der Waals surface area contributed by atoms with E-state index in [9.17, 15) is 4.79 Å². The number of rotatable bonds is 2. The highest BCUT2D eigenvalue weighted by Gasteiger charge is 2.25. The summed E-state index contributed by atoms with van der Waals surface area (Å²) < 4.78 is 12.5. The maximum Gasteiger partial charge on any atom is 0.271 e. The summed E-state index contributed by atoms with van der Waals surface area (Å²) in [5.41, 5.74) is 1.56. The van der Waals surface area contributed by atoms with Crippen molar-refractivity contribution in [2.24, 2.45) is 0 Å². The molecule has 0 radical (unpaired) electrons. The van der Waals surface area contributed by atoms with E-state index >= 15 is 0 Å². The van der Waals surface area contributed by atoms with E-state index < -0.39 is 0 Å². The predicted molar refractivity (Wildman–Crippen MR) is 72.8 cm³/mol. The molecule has 2 aliphatic rings. The Kier molecular flexibility index (Phi) is 2.52. The smallest absolute Gasteiger partial charge is 0.271 e. The summed E-state index contributed by atoms with van der Waals surface area (Å²) in [6.45, 7) is 1.09. The third-order valence-electron chi connectivity index (χ3n) is 3.59. The monoisotopic (exact) mass is 270 g/mol. The SMILES string of the molecule is O=c1ccc(C2CC2)nn1-c1ccc2c(c1)OCCO2. The highest BCUT2D eigenvalue weighted by molar-refractivity contribution is 5.49. The van der Waals surface area contributed by atoms with Crippen LogP contribution in [0.5, 0.6) is 11.5 Å². The zero-order chi connectivity index (χ0) is 13.5. The molecular formula is C15H14N2O3. The lowest BCUT2D eigenvalue weighted by molar-refractivity contribution is 0.171. The largest absolute Gasteiger partial charge is 0.486 e. The van der Waals surface area contributed by atoms with E-state index in [1.807, 2.05) is 18.2 Å². The summed E-state index contributed by atoms with van der Waals surface area (Å²) in [6.07, 6.45) is 2.32. The van der Waals surface area contributed by atoms with Crippen LogP contribution in [-0.4, -0.2) is 23.0 Å². The van der Waals surface area contributed by atoms with Gasteiger partial charge in [0.2, 0.25) is 0 Å². The van der Waals surface area contributed by atoms with E-state index in [1.165, 1.54) is 4.68 Å². The van der Waals surface area contributed by atoms with Gasteiger partial charge in [-0.15, -0.1) is 0 Å². The zero-order valence-electron chi connectivity index (χ0n) is 10.9. The van der Waals surface area contributed by atoms with Gasteiger partial charge in [0.05, 0.1) is 11.4 Å². The normalized spacial score (nSPS) is 17.0. The van der Waals surface area contributed by atoms with Crippen molar-refractivity contribution in [3.05, 3.63) is 46.4 Å². The molecule has 1 aliphatic carbocycles. The minimum absolute atomic E-state index is 0.133. The first-order chi connectivity index (χ1) is 9.81. The van der Waals surface area contributed by atoms with Crippen LogP contribution < -0.4 is 15.0 Å². The number of fused-ring (bicyclic) bond motifs is 1. The maximum atomic E-state index is 12.0. The van der Waals surface area contributed by atoms with Gasteiger partial charge in [0.25, 0.3) is 5.56 Å². The minimum atomic E-state index is -0.133. The Balaban J connectivity index is 1.80. The lowest BCUT2D eigenvalue weighted by Crippen LogP contribution is -2.22. The molecule has 0 N–H and O–H groups in total. The highest BCUT2D eigenvalue weighted by atomic mass is 16.6. The standard InChI is InChI=1S/C15H14N2O3/c18-15-6-4-12(10-1-2-10)16-17(15)11-3-5-13-14(9-11)20-8-7-19-13/h3-6,9-10H,1-2,7-8H2. The second kappa shape index (κ2) is 4.37. The first-order valence-corrected chi connectivity index (χ1v) is 6.81. The number of aromatic nitrogens is 2. The molecule has 0 unspecified atom stereocenters. The van der Waals surface area contributed by atoms with Gasteiger partial charge in [-0.25, -0.2) is 0 Å². The van der Waals surface area contributed by atoms with Crippen LogP contribution in [0.3, 0.4) is 0 Å². The molecule has 0 spiro atoms. The van der Waals surface area contributed by atoms with Crippen LogP contribution in [0, 0.1) is 0 Å². The molecule has 1 saturated carbocycles. The molecular weight excluding hydrogens is 256 g/mol. The molecule has 1 aromatic heterocycles. The number of benzene rings is 1. The zero-order valence-corrected chi connectivity index (χ0v) is 10.9. The Labute approximate surface area is 115 Å². The fourth-order valence-electron chi connectivity index (χ4n) is 2.37. The van der Waals surface area contributed by atoms with E-state index in [-0.39, 0.29) is 5.56 Å². The fraction of sp³-hybridized carbons (Fsp3) is 0.333. The van der Waals surface area contributed by atoms with Crippen LogP contribution in [0.25, 0.3) is 5.69 Å². The summed E-state index contributed by atoms with van der Waals surface area (Å²) in [5.74, 6) is 1.89. The van der Waals surface area contributed by atoms with Gasteiger partial charge in [-0.3, -0.25) is 4.79 Å². The molecule has 1 aliphatic heterocycles. The van der Waals surface area contributed by atoms with Crippen molar-refractivity contribution < 1.29 is 9.47 Å². The Hall–Kier alpha value is -2.30. The second-order valence-corrected chi connectivity index (χ2v) is 5.11. The Morgan fingerprint density at radius 1 is 1.05 bits per heavy atom. The second-order valence-electron chi connectivity index (χ2n) is 5.11. The number of nitrogens with zero attached hydrogens (tertiary/aromatic N) is 2. The van der Waals surface area contributed by atoms with Crippen LogP contribution in [0.2, 0.25) is 0 Å². The molecule has 0 amide bonds. The predicted octanol–water partition coefficient (Wildman–Crippen LogP) is 1.88. The molecule has 1 fully saturated rings. The third kappa shape index (κ3) is 1.95. The number of hydrogen-bond acceptors (Lipinski definition) is 4. The van der Waals surface area contributed by atoms with Crippen LogP contribution >= 0.6 is 0 Å². The van der Waals surface area contributed by atoms with Gasteiger partial charge in [0, 0.05) is 18.1 Å². The summed E-state index contributed by atoms with van der Waals surface area (Å²) in [5, 5.41) is 4.46. The van der Waals surface area contributed by atoms with Gasteiger partial charge in [-0.1, -0.05) is 0 Å². The van der Waals surface area contributed by atoms with Gasteiger partial charge in [0.15, 0.2) is 11.5 Å². The Bertz CT molecular complexity index is 719. The summed E-state index contributed by atoms with van der Waals surface area (Å²) in [4.78, 5) is 12.0. The quantitative estimate of drug-likeness (QED) is 0.836. The molecule has 1 aromatic carbocycles. The van der Waals surface area contributed by atoms with Crippen LogP contribution in [-0.2, 0) is 0 Å². The minimum Gasteiger partial charge on any atom is -0.486 e. The topological polar surface area (TPSA) is 53.4 Å². The maximum absolute atomic E-state index is 12.0. The van der Waals surface area contributed by atoms with Crippen LogP contribution in [0.15, 0.2) is 35.1 Å². The molecule has 4 rings (SSSR count). The molecule has 0 atom stereocenters.